The van der Waals surface area contributed by atoms with E-state index in [4.69, 9.17) is 23.2 Å². The van der Waals surface area contributed by atoms with Gasteiger partial charge >= 0.3 is 15.6 Å². The first kappa shape index (κ1) is 15.6. The highest BCUT2D eigenvalue weighted by molar-refractivity contribution is 7.87. The van der Waals surface area contributed by atoms with Crippen molar-refractivity contribution in [3.05, 3.63) is 33.8 Å². The lowest BCUT2D eigenvalue weighted by Gasteiger charge is -2.16. The molecule has 0 aliphatic heterocycles. The van der Waals surface area contributed by atoms with Crippen LogP contribution in [0.25, 0.3) is 0 Å². The van der Waals surface area contributed by atoms with Gasteiger partial charge in [0.15, 0.2) is 0 Å². The molecule has 0 fully saturated rings. The SMILES string of the molecule is CC(OS(=O)(=O)C(F)(F)F)c1ccc(Cl)cc1Cl. The van der Waals surface area contributed by atoms with Gasteiger partial charge in [-0.2, -0.15) is 21.6 Å². The first-order chi connectivity index (χ1) is 8.04. The summed E-state index contributed by atoms with van der Waals surface area (Å²) in [6.07, 6.45) is -1.37. The van der Waals surface area contributed by atoms with E-state index in [1.807, 2.05) is 0 Å². The molecule has 0 heterocycles. The van der Waals surface area contributed by atoms with Crippen molar-refractivity contribution in [3.63, 3.8) is 0 Å². The molecule has 0 aliphatic rings. The number of hydrogen-bond acceptors (Lipinski definition) is 3. The highest BCUT2D eigenvalue weighted by Crippen LogP contribution is 2.33. The third kappa shape index (κ3) is 3.50. The molecular formula is C9H7Cl2F3O3S. The van der Waals surface area contributed by atoms with Gasteiger partial charge in [0.25, 0.3) is 0 Å². The summed E-state index contributed by atoms with van der Waals surface area (Å²) in [5, 5.41) is 0.294. The van der Waals surface area contributed by atoms with E-state index in [0.717, 1.165) is 6.92 Å². The van der Waals surface area contributed by atoms with Gasteiger partial charge in [-0.3, -0.25) is 4.18 Å². The molecule has 3 nitrogen and oxygen atoms in total. The van der Waals surface area contributed by atoms with Crippen molar-refractivity contribution in [2.45, 2.75) is 18.5 Å². The van der Waals surface area contributed by atoms with E-state index < -0.39 is 21.7 Å². The quantitative estimate of drug-likeness (QED) is 0.625. The monoisotopic (exact) mass is 322 g/mol. The van der Waals surface area contributed by atoms with E-state index in [0.29, 0.717) is 0 Å². The summed E-state index contributed by atoms with van der Waals surface area (Å²) in [6, 6.07) is 3.93. The molecule has 0 saturated heterocycles. The van der Waals surface area contributed by atoms with Gasteiger partial charge in [0.05, 0.1) is 0 Å². The summed E-state index contributed by atoms with van der Waals surface area (Å²) in [5.74, 6) is 0. The van der Waals surface area contributed by atoms with E-state index in [-0.39, 0.29) is 15.6 Å². The first-order valence-electron chi connectivity index (χ1n) is 4.49. The summed E-state index contributed by atoms with van der Waals surface area (Å²) in [5.41, 5.74) is -5.38. The van der Waals surface area contributed by atoms with Gasteiger partial charge in [-0.1, -0.05) is 29.3 Å². The highest BCUT2D eigenvalue weighted by atomic mass is 35.5. The van der Waals surface area contributed by atoms with Crippen LogP contribution in [0.15, 0.2) is 18.2 Å². The predicted octanol–water partition coefficient (Wildman–Crippen LogP) is 3.92. The Hall–Kier alpha value is -0.500. The zero-order valence-electron chi connectivity index (χ0n) is 8.83. The van der Waals surface area contributed by atoms with Crippen LogP contribution in [0.1, 0.15) is 18.6 Å². The molecule has 0 N–H and O–H groups in total. The van der Waals surface area contributed by atoms with Gasteiger partial charge in [-0.05, 0) is 19.1 Å². The number of rotatable bonds is 3. The molecule has 0 aromatic heterocycles. The summed E-state index contributed by atoms with van der Waals surface area (Å²) in [4.78, 5) is 0. The van der Waals surface area contributed by atoms with Crippen LogP contribution in [0.3, 0.4) is 0 Å². The third-order valence-corrected chi connectivity index (χ3v) is 3.63. The fraction of sp³-hybridized carbons (Fsp3) is 0.333. The zero-order chi connectivity index (χ0) is 14.1. The molecule has 0 bridgehead atoms. The zero-order valence-corrected chi connectivity index (χ0v) is 11.2. The number of halogens is 5. The van der Waals surface area contributed by atoms with Crippen molar-refractivity contribution in [2.24, 2.45) is 0 Å². The minimum atomic E-state index is -5.66. The van der Waals surface area contributed by atoms with Crippen LogP contribution in [-0.2, 0) is 14.3 Å². The Morgan fingerprint density at radius 3 is 2.28 bits per heavy atom. The van der Waals surface area contributed by atoms with Crippen LogP contribution < -0.4 is 0 Å². The van der Waals surface area contributed by atoms with Crippen molar-refractivity contribution in [1.82, 2.24) is 0 Å². The van der Waals surface area contributed by atoms with E-state index in [9.17, 15) is 21.6 Å². The Morgan fingerprint density at radius 2 is 1.83 bits per heavy atom. The van der Waals surface area contributed by atoms with Crippen LogP contribution in [0.4, 0.5) is 13.2 Å². The maximum atomic E-state index is 12.1. The molecule has 18 heavy (non-hydrogen) atoms. The van der Waals surface area contributed by atoms with Gasteiger partial charge < -0.3 is 0 Å². The predicted molar refractivity (Wildman–Crippen MR) is 60.9 cm³/mol. The Kier molecular flexibility index (Phi) is 4.53. The molecule has 1 unspecified atom stereocenters. The Balaban J connectivity index is 3.00. The smallest absolute Gasteiger partial charge is 0.255 e. The summed E-state index contributed by atoms with van der Waals surface area (Å²) < 4.78 is 61.9. The molecular weight excluding hydrogens is 316 g/mol. The minimum absolute atomic E-state index is 0.0207. The molecule has 9 heteroatoms. The summed E-state index contributed by atoms with van der Waals surface area (Å²) in [7, 11) is -5.66. The third-order valence-electron chi connectivity index (χ3n) is 1.95. The van der Waals surface area contributed by atoms with E-state index in [1.54, 1.807) is 0 Å². The normalized spacial score (nSPS) is 14.6. The molecule has 102 valence electrons. The van der Waals surface area contributed by atoms with E-state index in [1.165, 1.54) is 18.2 Å². The maximum Gasteiger partial charge on any atom is 0.523 e. The minimum Gasteiger partial charge on any atom is -0.255 e. The van der Waals surface area contributed by atoms with Gasteiger partial charge in [0, 0.05) is 15.6 Å². The van der Waals surface area contributed by atoms with Crippen LogP contribution in [0.2, 0.25) is 10.0 Å². The lowest BCUT2D eigenvalue weighted by molar-refractivity contribution is -0.0569. The van der Waals surface area contributed by atoms with Crippen molar-refractivity contribution in [2.75, 3.05) is 0 Å². The first-order valence-corrected chi connectivity index (χ1v) is 6.65. The molecule has 0 aliphatic carbocycles. The molecule has 1 rings (SSSR count). The highest BCUT2D eigenvalue weighted by Gasteiger charge is 2.48. The second-order valence-electron chi connectivity index (χ2n) is 3.30. The van der Waals surface area contributed by atoms with Crippen molar-refractivity contribution in [3.8, 4) is 0 Å². The number of benzene rings is 1. The molecule has 0 saturated carbocycles. The van der Waals surface area contributed by atoms with Gasteiger partial charge in [0.2, 0.25) is 0 Å². The average molecular weight is 323 g/mol. The second kappa shape index (κ2) is 5.24. The van der Waals surface area contributed by atoms with Crippen LogP contribution in [-0.4, -0.2) is 13.9 Å². The van der Waals surface area contributed by atoms with E-state index in [2.05, 4.69) is 4.18 Å². The fourth-order valence-electron chi connectivity index (χ4n) is 1.13. The Labute approximate surface area is 112 Å². The maximum absolute atomic E-state index is 12.1. The molecule has 1 aromatic carbocycles. The van der Waals surface area contributed by atoms with Gasteiger partial charge in [0.1, 0.15) is 6.10 Å². The summed E-state index contributed by atoms with van der Waals surface area (Å²) in [6.45, 7) is 1.14. The Bertz CT molecular complexity index is 542. The topological polar surface area (TPSA) is 43.4 Å². The molecule has 0 spiro atoms. The van der Waals surface area contributed by atoms with Crippen LogP contribution in [0, 0.1) is 0 Å². The van der Waals surface area contributed by atoms with Gasteiger partial charge in [-0.25, -0.2) is 0 Å². The second-order valence-corrected chi connectivity index (χ2v) is 5.71. The standard InChI is InChI=1S/C9H7Cl2F3O3S/c1-5(17-18(15,16)9(12,13)14)7-3-2-6(10)4-8(7)11/h2-5H,1H3. The van der Waals surface area contributed by atoms with Crippen molar-refractivity contribution < 1.29 is 25.8 Å². The molecule has 1 atom stereocenters. The van der Waals surface area contributed by atoms with E-state index >= 15 is 0 Å². The molecule has 0 radical (unpaired) electrons. The molecule has 0 amide bonds. The van der Waals surface area contributed by atoms with Crippen molar-refractivity contribution >= 4 is 33.3 Å². The lowest BCUT2D eigenvalue weighted by atomic mass is 10.1. The fourth-order valence-corrected chi connectivity index (χ4v) is 2.28. The number of hydrogen-bond donors (Lipinski definition) is 0. The van der Waals surface area contributed by atoms with Crippen LogP contribution >= 0.6 is 23.2 Å². The van der Waals surface area contributed by atoms with Gasteiger partial charge in [-0.15, -0.1) is 0 Å². The molecule has 1 aromatic rings. The van der Waals surface area contributed by atoms with Crippen molar-refractivity contribution in [1.29, 1.82) is 0 Å². The van der Waals surface area contributed by atoms with Crippen LogP contribution in [0.5, 0.6) is 0 Å². The lowest BCUT2D eigenvalue weighted by Crippen LogP contribution is -2.26. The Morgan fingerprint density at radius 1 is 1.28 bits per heavy atom. The average Bonchev–Trinajstić information content (AvgIpc) is 2.14. The summed E-state index contributed by atoms with van der Waals surface area (Å²) >= 11 is 11.3. The largest absolute Gasteiger partial charge is 0.523 e. The number of alkyl halides is 3.